The van der Waals surface area contributed by atoms with Gasteiger partial charge < -0.3 is 10.6 Å². The number of aryl methyl sites for hydroxylation is 1. The van der Waals surface area contributed by atoms with Crippen molar-refractivity contribution < 1.29 is 14.4 Å². The zero-order valence-electron chi connectivity index (χ0n) is 14.3. The van der Waals surface area contributed by atoms with Gasteiger partial charge in [-0.15, -0.1) is 0 Å². The fourth-order valence-electron chi connectivity index (χ4n) is 3.56. The number of amides is 4. The van der Waals surface area contributed by atoms with Crippen molar-refractivity contribution in [2.45, 2.75) is 51.1 Å². The Kier molecular flexibility index (Phi) is 3.86. The predicted octanol–water partition coefficient (Wildman–Crippen LogP) is 1.68. The average molecular weight is 329 g/mol. The smallest absolute Gasteiger partial charge is 0.325 e. The predicted molar refractivity (Wildman–Crippen MR) is 89.2 cm³/mol. The first-order valence-corrected chi connectivity index (χ1v) is 8.26. The lowest BCUT2D eigenvalue weighted by atomic mass is 9.76. The molecule has 1 aliphatic carbocycles. The van der Waals surface area contributed by atoms with Gasteiger partial charge in [0, 0.05) is 5.54 Å². The summed E-state index contributed by atoms with van der Waals surface area (Å²) in [4.78, 5) is 38.6. The van der Waals surface area contributed by atoms with Crippen LogP contribution in [0.2, 0.25) is 0 Å². The van der Waals surface area contributed by atoms with E-state index in [2.05, 4.69) is 10.6 Å². The van der Waals surface area contributed by atoms with Crippen LogP contribution in [0, 0.1) is 0 Å². The highest BCUT2D eigenvalue weighted by Gasteiger charge is 2.54. The molecule has 6 nitrogen and oxygen atoms in total. The van der Waals surface area contributed by atoms with E-state index in [1.165, 1.54) is 0 Å². The number of fused-ring (bicyclic) bond motifs is 2. The van der Waals surface area contributed by atoms with Crippen LogP contribution in [0.4, 0.5) is 4.79 Å². The van der Waals surface area contributed by atoms with Crippen LogP contribution in [0.3, 0.4) is 0 Å². The van der Waals surface area contributed by atoms with Crippen LogP contribution in [-0.2, 0) is 21.5 Å². The summed E-state index contributed by atoms with van der Waals surface area (Å²) < 4.78 is 0. The standard InChI is InChI=1S/C18H23N3O3/c1-17(2,3)19-14(22)11-21-15(23)18(20-16(21)24)10-6-8-12-7-4-5-9-13(12)18/h4-5,7,9H,6,8,10-11H2,1-3H3,(H,19,22)(H,20,24). The molecule has 1 spiro atoms. The van der Waals surface area contributed by atoms with Gasteiger partial charge in [0.05, 0.1) is 0 Å². The molecule has 1 atom stereocenters. The Hall–Kier alpha value is -2.37. The quantitative estimate of drug-likeness (QED) is 0.811. The van der Waals surface area contributed by atoms with Gasteiger partial charge in [0.1, 0.15) is 12.1 Å². The fourth-order valence-corrected chi connectivity index (χ4v) is 3.56. The Morgan fingerprint density at radius 1 is 1.29 bits per heavy atom. The second-order valence-electron chi connectivity index (χ2n) is 7.54. The molecule has 0 bridgehead atoms. The number of hydrogen-bond donors (Lipinski definition) is 2. The van der Waals surface area contributed by atoms with Crippen molar-refractivity contribution in [2.75, 3.05) is 6.54 Å². The third-order valence-electron chi connectivity index (χ3n) is 4.47. The Bertz CT molecular complexity index is 708. The number of benzene rings is 1. The van der Waals surface area contributed by atoms with E-state index in [9.17, 15) is 14.4 Å². The number of rotatable bonds is 2. The van der Waals surface area contributed by atoms with E-state index < -0.39 is 17.1 Å². The summed E-state index contributed by atoms with van der Waals surface area (Å²) >= 11 is 0. The lowest BCUT2D eigenvalue weighted by molar-refractivity contribution is -0.136. The second-order valence-corrected chi connectivity index (χ2v) is 7.54. The molecule has 1 aliphatic heterocycles. The number of urea groups is 1. The van der Waals surface area contributed by atoms with E-state index in [-0.39, 0.29) is 18.4 Å². The molecule has 0 aromatic heterocycles. The van der Waals surface area contributed by atoms with E-state index in [0.717, 1.165) is 28.9 Å². The van der Waals surface area contributed by atoms with Crippen LogP contribution in [0.15, 0.2) is 24.3 Å². The highest BCUT2D eigenvalue weighted by atomic mass is 16.2. The Morgan fingerprint density at radius 3 is 2.71 bits per heavy atom. The molecule has 1 unspecified atom stereocenters. The molecule has 2 aliphatic rings. The van der Waals surface area contributed by atoms with Gasteiger partial charge in [0.15, 0.2) is 0 Å². The Labute approximate surface area is 141 Å². The van der Waals surface area contributed by atoms with E-state index >= 15 is 0 Å². The number of carbonyl (C=O) groups excluding carboxylic acids is 3. The van der Waals surface area contributed by atoms with Gasteiger partial charge in [-0.05, 0) is 51.2 Å². The topological polar surface area (TPSA) is 78.5 Å². The summed E-state index contributed by atoms with van der Waals surface area (Å²) in [5.41, 5.74) is 0.506. The van der Waals surface area contributed by atoms with E-state index in [4.69, 9.17) is 0 Å². The van der Waals surface area contributed by atoms with Crippen LogP contribution in [0.1, 0.15) is 44.7 Å². The van der Waals surface area contributed by atoms with Crippen molar-refractivity contribution in [1.29, 1.82) is 0 Å². The molecular weight excluding hydrogens is 306 g/mol. The largest absolute Gasteiger partial charge is 0.350 e. The first-order valence-electron chi connectivity index (χ1n) is 8.26. The van der Waals surface area contributed by atoms with Crippen molar-refractivity contribution in [1.82, 2.24) is 15.5 Å². The Morgan fingerprint density at radius 2 is 2.00 bits per heavy atom. The van der Waals surface area contributed by atoms with Gasteiger partial charge in [-0.1, -0.05) is 24.3 Å². The second kappa shape index (κ2) is 5.61. The molecule has 1 heterocycles. The number of imide groups is 1. The van der Waals surface area contributed by atoms with Gasteiger partial charge >= 0.3 is 6.03 Å². The van der Waals surface area contributed by atoms with Crippen LogP contribution < -0.4 is 10.6 Å². The minimum absolute atomic E-state index is 0.258. The highest BCUT2D eigenvalue weighted by Crippen LogP contribution is 2.39. The van der Waals surface area contributed by atoms with Crippen molar-refractivity contribution in [3.8, 4) is 0 Å². The van der Waals surface area contributed by atoms with Gasteiger partial charge in [0.25, 0.3) is 5.91 Å². The van der Waals surface area contributed by atoms with Crippen molar-refractivity contribution >= 4 is 17.8 Å². The van der Waals surface area contributed by atoms with Gasteiger partial charge in [0.2, 0.25) is 5.91 Å². The van der Waals surface area contributed by atoms with Crippen LogP contribution in [-0.4, -0.2) is 34.8 Å². The normalized spacial score (nSPS) is 23.2. The molecule has 2 N–H and O–H groups in total. The van der Waals surface area contributed by atoms with E-state index in [1.54, 1.807) is 0 Å². The molecule has 1 aromatic carbocycles. The van der Waals surface area contributed by atoms with Crippen LogP contribution >= 0.6 is 0 Å². The molecule has 6 heteroatoms. The summed E-state index contributed by atoms with van der Waals surface area (Å²) in [5.74, 6) is -0.671. The highest BCUT2D eigenvalue weighted by molar-refractivity contribution is 6.09. The third kappa shape index (κ3) is 2.77. The first-order chi connectivity index (χ1) is 11.2. The third-order valence-corrected chi connectivity index (χ3v) is 4.47. The molecule has 0 radical (unpaired) electrons. The number of nitrogens with zero attached hydrogens (tertiary/aromatic N) is 1. The summed E-state index contributed by atoms with van der Waals surface area (Å²) in [7, 11) is 0. The SMILES string of the molecule is CC(C)(C)NC(=O)CN1C(=O)NC2(CCCc3ccccc32)C1=O. The lowest BCUT2D eigenvalue weighted by Gasteiger charge is -2.33. The molecule has 1 aromatic rings. The summed E-state index contributed by atoms with van der Waals surface area (Å²) in [5, 5.41) is 5.64. The summed E-state index contributed by atoms with van der Waals surface area (Å²) in [6.07, 6.45) is 2.28. The molecule has 3 rings (SSSR count). The number of nitrogens with one attached hydrogen (secondary N) is 2. The maximum absolute atomic E-state index is 13.0. The minimum atomic E-state index is -1.02. The number of hydrogen-bond acceptors (Lipinski definition) is 3. The van der Waals surface area contributed by atoms with E-state index in [0.29, 0.717) is 6.42 Å². The fraction of sp³-hybridized carbons (Fsp3) is 0.500. The number of carbonyl (C=O) groups is 3. The van der Waals surface area contributed by atoms with Gasteiger partial charge in [-0.25, -0.2) is 4.79 Å². The zero-order chi connectivity index (χ0) is 17.5. The van der Waals surface area contributed by atoms with Crippen molar-refractivity contribution in [3.05, 3.63) is 35.4 Å². The molecule has 128 valence electrons. The van der Waals surface area contributed by atoms with Crippen molar-refractivity contribution in [3.63, 3.8) is 0 Å². The average Bonchev–Trinajstić information content (AvgIpc) is 2.71. The Balaban J connectivity index is 1.87. The minimum Gasteiger partial charge on any atom is -0.350 e. The van der Waals surface area contributed by atoms with Gasteiger partial charge in [-0.2, -0.15) is 0 Å². The summed E-state index contributed by atoms with van der Waals surface area (Å²) in [6, 6.07) is 7.20. The molecule has 0 saturated carbocycles. The van der Waals surface area contributed by atoms with Crippen LogP contribution in [0.5, 0.6) is 0 Å². The van der Waals surface area contributed by atoms with Crippen LogP contribution in [0.25, 0.3) is 0 Å². The first kappa shape index (κ1) is 16.5. The molecule has 4 amide bonds. The maximum Gasteiger partial charge on any atom is 0.325 e. The summed E-state index contributed by atoms with van der Waals surface area (Å²) in [6.45, 7) is 5.31. The van der Waals surface area contributed by atoms with Crippen molar-refractivity contribution in [2.24, 2.45) is 0 Å². The van der Waals surface area contributed by atoms with E-state index in [1.807, 2.05) is 45.0 Å². The van der Waals surface area contributed by atoms with Gasteiger partial charge in [-0.3, -0.25) is 14.5 Å². The molecular formula is C18H23N3O3. The maximum atomic E-state index is 13.0. The zero-order valence-corrected chi connectivity index (χ0v) is 14.3. The lowest BCUT2D eigenvalue weighted by Crippen LogP contribution is -2.49. The molecule has 1 saturated heterocycles. The molecule has 1 fully saturated rings. The molecule has 24 heavy (non-hydrogen) atoms. The monoisotopic (exact) mass is 329 g/mol.